The van der Waals surface area contributed by atoms with Gasteiger partial charge in [-0.3, -0.25) is 4.79 Å². The number of aryl methyl sites for hydroxylation is 1. The normalized spacial score (nSPS) is 19.9. The molecule has 0 amide bonds. The third-order valence-electron chi connectivity index (χ3n) is 6.64. The van der Waals surface area contributed by atoms with Crippen LogP contribution in [0.4, 0.5) is 0 Å². The van der Waals surface area contributed by atoms with Crippen molar-refractivity contribution in [2.24, 2.45) is 0 Å². The first-order chi connectivity index (χ1) is 16.7. The van der Waals surface area contributed by atoms with Gasteiger partial charge in [0.05, 0.1) is 25.9 Å². The molecule has 1 aliphatic heterocycles. The lowest BCUT2D eigenvalue weighted by Gasteiger charge is -2.37. The number of carbonyl (C=O) groups is 2. The summed E-state index contributed by atoms with van der Waals surface area (Å²) in [7, 11) is 3.21. The summed E-state index contributed by atoms with van der Waals surface area (Å²) in [5.74, 6) is 0.465. The molecule has 1 heterocycles. The van der Waals surface area contributed by atoms with E-state index < -0.39 is 11.9 Å². The van der Waals surface area contributed by atoms with Crippen LogP contribution in [-0.4, -0.2) is 32.1 Å². The second-order valence-electron chi connectivity index (χ2n) is 9.50. The van der Waals surface area contributed by atoms with E-state index in [-0.39, 0.29) is 17.8 Å². The molecule has 6 heteroatoms. The Morgan fingerprint density at radius 2 is 1.71 bits per heavy atom. The highest BCUT2D eigenvalue weighted by Crippen LogP contribution is 2.46. The second-order valence-corrected chi connectivity index (χ2v) is 9.50. The lowest BCUT2D eigenvalue weighted by molar-refractivity contribution is -0.143. The van der Waals surface area contributed by atoms with Crippen molar-refractivity contribution in [2.45, 2.75) is 58.5 Å². The van der Waals surface area contributed by atoms with Gasteiger partial charge in [0.1, 0.15) is 0 Å². The number of carbonyl (C=O) groups excluding carboxylic acids is 2. The smallest absolute Gasteiger partial charge is 0.337 e. The van der Waals surface area contributed by atoms with Gasteiger partial charge in [0.25, 0.3) is 0 Å². The van der Waals surface area contributed by atoms with Gasteiger partial charge < -0.3 is 19.5 Å². The van der Waals surface area contributed by atoms with E-state index in [2.05, 4.69) is 5.32 Å². The van der Waals surface area contributed by atoms with Gasteiger partial charge in [0, 0.05) is 29.3 Å². The number of dihydropyridines is 1. The molecule has 0 saturated carbocycles. The molecule has 2 aliphatic rings. The monoisotopic (exact) mass is 475 g/mol. The Hall–Kier alpha value is -3.54. The van der Waals surface area contributed by atoms with E-state index in [1.165, 1.54) is 0 Å². The summed E-state index contributed by atoms with van der Waals surface area (Å²) in [5.41, 5.74) is 5.77. The number of methoxy groups -OCH3 is 2. The second kappa shape index (κ2) is 9.98. The van der Waals surface area contributed by atoms with Gasteiger partial charge in [0.15, 0.2) is 17.3 Å². The molecule has 6 nitrogen and oxygen atoms in total. The summed E-state index contributed by atoms with van der Waals surface area (Å²) in [4.78, 5) is 26.9. The zero-order chi connectivity index (χ0) is 25.3. The van der Waals surface area contributed by atoms with Gasteiger partial charge in [-0.15, -0.1) is 0 Å². The average Bonchev–Trinajstić information content (AvgIpc) is 2.82. The Morgan fingerprint density at radius 3 is 2.37 bits per heavy atom. The Morgan fingerprint density at radius 1 is 0.971 bits per heavy atom. The van der Waals surface area contributed by atoms with Crippen molar-refractivity contribution < 1.29 is 23.8 Å². The molecule has 2 aromatic carbocycles. The highest BCUT2D eigenvalue weighted by Gasteiger charge is 2.41. The third kappa shape index (κ3) is 4.83. The highest BCUT2D eigenvalue weighted by molar-refractivity contribution is 6.04. The zero-order valence-corrected chi connectivity index (χ0v) is 21.2. The Bertz CT molecular complexity index is 1220. The van der Waals surface area contributed by atoms with Crippen LogP contribution in [0.2, 0.25) is 0 Å². The van der Waals surface area contributed by atoms with Gasteiger partial charge >= 0.3 is 5.97 Å². The molecular weight excluding hydrogens is 442 g/mol. The molecule has 1 N–H and O–H groups in total. The van der Waals surface area contributed by atoms with Crippen LogP contribution in [0.25, 0.3) is 0 Å². The highest BCUT2D eigenvalue weighted by atomic mass is 16.5. The molecule has 4 rings (SSSR count). The molecule has 0 radical (unpaired) electrons. The SMILES string of the molecule is COc1ccc([C@@H]2CC(=O)C3=C(C2)NC(C)=C(C(=O)OC(C)C)[C@@H]3c2cccc(C)c2)cc1OC. The van der Waals surface area contributed by atoms with Crippen molar-refractivity contribution in [1.82, 2.24) is 5.32 Å². The van der Waals surface area contributed by atoms with E-state index in [1.807, 2.05) is 70.2 Å². The fraction of sp³-hybridized carbons (Fsp3) is 0.379. The van der Waals surface area contributed by atoms with Crippen molar-refractivity contribution in [2.75, 3.05) is 14.2 Å². The fourth-order valence-corrected chi connectivity index (χ4v) is 5.11. The minimum atomic E-state index is -0.462. The zero-order valence-electron chi connectivity index (χ0n) is 21.2. The minimum absolute atomic E-state index is 0.0105. The maximum Gasteiger partial charge on any atom is 0.337 e. The van der Waals surface area contributed by atoms with Crippen LogP contribution in [0.15, 0.2) is 65.0 Å². The molecule has 0 aromatic heterocycles. The molecular formula is C29H33NO5. The summed E-state index contributed by atoms with van der Waals surface area (Å²) >= 11 is 0. The lowest BCUT2D eigenvalue weighted by Crippen LogP contribution is -2.36. The van der Waals surface area contributed by atoms with E-state index in [1.54, 1.807) is 14.2 Å². The Labute approximate surface area is 207 Å². The van der Waals surface area contributed by atoms with Gasteiger partial charge in [-0.05, 0) is 63.3 Å². The number of hydrogen-bond acceptors (Lipinski definition) is 6. The van der Waals surface area contributed by atoms with E-state index in [9.17, 15) is 9.59 Å². The summed E-state index contributed by atoms with van der Waals surface area (Å²) < 4.78 is 16.4. The molecule has 184 valence electrons. The predicted octanol–water partition coefficient (Wildman–Crippen LogP) is 5.33. The molecule has 35 heavy (non-hydrogen) atoms. The molecule has 0 fully saturated rings. The topological polar surface area (TPSA) is 73.9 Å². The summed E-state index contributed by atoms with van der Waals surface area (Å²) in [6, 6.07) is 13.8. The lowest BCUT2D eigenvalue weighted by atomic mass is 9.71. The number of benzene rings is 2. The van der Waals surface area contributed by atoms with Crippen molar-refractivity contribution >= 4 is 11.8 Å². The van der Waals surface area contributed by atoms with Crippen LogP contribution in [0.1, 0.15) is 62.1 Å². The molecule has 2 atom stereocenters. The van der Waals surface area contributed by atoms with Gasteiger partial charge in [-0.1, -0.05) is 35.9 Å². The van der Waals surface area contributed by atoms with Crippen molar-refractivity contribution in [3.63, 3.8) is 0 Å². The molecule has 0 saturated heterocycles. The maximum absolute atomic E-state index is 13.7. The maximum atomic E-state index is 13.7. The number of ketones is 1. The number of allylic oxidation sites excluding steroid dienone is 3. The Balaban J connectivity index is 1.77. The van der Waals surface area contributed by atoms with E-state index in [0.717, 1.165) is 28.1 Å². The van der Waals surface area contributed by atoms with Crippen LogP contribution >= 0.6 is 0 Å². The number of hydrogen-bond donors (Lipinski definition) is 1. The Kier molecular flexibility index (Phi) is 7.01. The molecule has 0 unspecified atom stereocenters. The molecule has 0 spiro atoms. The average molecular weight is 476 g/mol. The fourth-order valence-electron chi connectivity index (χ4n) is 5.11. The first kappa shape index (κ1) is 24.6. The number of Topliss-reactive ketones (excluding diaryl/α,β-unsaturated/α-hetero) is 1. The van der Waals surface area contributed by atoms with E-state index in [0.29, 0.717) is 35.5 Å². The van der Waals surface area contributed by atoms with Gasteiger partial charge in [0.2, 0.25) is 0 Å². The van der Waals surface area contributed by atoms with Crippen LogP contribution in [-0.2, 0) is 14.3 Å². The third-order valence-corrected chi connectivity index (χ3v) is 6.64. The number of nitrogens with one attached hydrogen (secondary N) is 1. The molecule has 2 aromatic rings. The van der Waals surface area contributed by atoms with Crippen LogP contribution < -0.4 is 14.8 Å². The quantitative estimate of drug-likeness (QED) is 0.570. The first-order valence-electron chi connectivity index (χ1n) is 12.0. The van der Waals surface area contributed by atoms with Crippen molar-refractivity contribution in [1.29, 1.82) is 0 Å². The van der Waals surface area contributed by atoms with E-state index in [4.69, 9.17) is 14.2 Å². The van der Waals surface area contributed by atoms with E-state index >= 15 is 0 Å². The molecule has 0 bridgehead atoms. The van der Waals surface area contributed by atoms with Crippen LogP contribution in [0, 0.1) is 6.92 Å². The summed E-state index contributed by atoms with van der Waals surface area (Å²) in [6.45, 7) is 7.55. The van der Waals surface area contributed by atoms with Crippen molar-refractivity contribution in [3.8, 4) is 11.5 Å². The van der Waals surface area contributed by atoms with Gasteiger partial charge in [-0.2, -0.15) is 0 Å². The van der Waals surface area contributed by atoms with Crippen molar-refractivity contribution in [3.05, 3.63) is 81.7 Å². The molecule has 1 aliphatic carbocycles. The minimum Gasteiger partial charge on any atom is -0.493 e. The summed E-state index contributed by atoms with van der Waals surface area (Å²) in [5, 5.41) is 3.40. The van der Waals surface area contributed by atoms with Crippen LogP contribution in [0.5, 0.6) is 11.5 Å². The first-order valence-corrected chi connectivity index (χ1v) is 12.0. The number of esters is 1. The standard InChI is InChI=1S/C29H33NO5/c1-16(2)35-29(32)26-18(4)30-22-13-21(19-10-11-24(33-5)25(15-19)34-6)14-23(31)28(22)27(26)20-9-7-8-17(3)12-20/h7-12,15-16,21,27,30H,13-14H2,1-6H3/t21-,27-/m0/s1. The van der Waals surface area contributed by atoms with Crippen LogP contribution in [0.3, 0.4) is 0 Å². The summed E-state index contributed by atoms with van der Waals surface area (Å²) in [6.07, 6.45) is 0.750. The number of ether oxygens (including phenoxy) is 3. The largest absolute Gasteiger partial charge is 0.493 e. The predicted molar refractivity (Wildman–Crippen MR) is 135 cm³/mol. The van der Waals surface area contributed by atoms with Gasteiger partial charge in [-0.25, -0.2) is 4.79 Å². The number of rotatable bonds is 6.